The van der Waals surface area contributed by atoms with E-state index < -0.39 is 12.6 Å². The van der Waals surface area contributed by atoms with E-state index >= 15 is 0 Å². The Bertz CT molecular complexity index is 103. The summed E-state index contributed by atoms with van der Waals surface area (Å²) in [4.78, 5) is 11.9. The maximum absolute atomic E-state index is 11.6. The summed E-state index contributed by atoms with van der Waals surface area (Å²) in [6.07, 6.45) is 0. The molecule has 0 saturated heterocycles. The molecule has 0 aromatic carbocycles. The molecule has 1 amide bonds. The zero-order valence-electron chi connectivity index (χ0n) is 6.02. The molecular weight excluding hydrogens is 121 g/mol. The van der Waals surface area contributed by atoms with Gasteiger partial charge in [0.05, 0.1) is 0 Å². The quantitative estimate of drug-likeness (QED) is 0.546. The van der Waals surface area contributed by atoms with Crippen molar-refractivity contribution >= 4 is 5.91 Å². The smallest absolute Gasteiger partial charge is 0.253 e. The van der Waals surface area contributed by atoms with E-state index in [-0.39, 0.29) is 6.04 Å². The van der Waals surface area contributed by atoms with Crippen LogP contribution >= 0.6 is 0 Å². The molecule has 0 aliphatic heterocycles. The molecule has 0 heterocycles. The average molecular weight is 133 g/mol. The molecule has 0 aliphatic carbocycles. The van der Waals surface area contributed by atoms with Crippen LogP contribution < -0.4 is 0 Å². The van der Waals surface area contributed by atoms with Crippen molar-refractivity contribution in [3.8, 4) is 0 Å². The van der Waals surface area contributed by atoms with Gasteiger partial charge < -0.3 is 4.90 Å². The predicted molar refractivity (Wildman–Crippen MR) is 33.9 cm³/mol. The van der Waals surface area contributed by atoms with E-state index in [0.717, 1.165) is 0 Å². The highest BCUT2D eigenvalue weighted by Crippen LogP contribution is 1.93. The van der Waals surface area contributed by atoms with E-state index in [1.165, 1.54) is 4.90 Å². The van der Waals surface area contributed by atoms with Crippen LogP contribution in [0.3, 0.4) is 0 Å². The molecule has 0 aromatic rings. The third kappa shape index (κ3) is 2.44. The van der Waals surface area contributed by atoms with Gasteiger partial charge in [0, 0.05) is 13.1 Å². The minimum Gasteiger partial charge on any atom is -0.341 e. The Morgan fingerprint density at radius 2 is 2.11 bits per heavy atom. The van der Waals surface area contributed by atoms with E-state index in [2.05, 4.69) is 0 Å². The van der Waals surface area contributed by atoms with Crippen LogP contribution in [0.25, 0.3) is 0 Å². The second kappa shape index (κ2) is 3.43. The molecule has 0 aliphatic rings. The summed E-state index contributed by atoms with van der Waals surface area (Å²) in [7, 11) is 1.59. The first-order valence-electron chi connectivity index (χ1n) is 2.91. The van der Waals surface area contributed by atoms with Gasteiger partial charge in [0.15, 0.2) is 6.67 Å². The van der Waals surface area contributed by atoms with Crippen molar-refractivity contribution in [1.29, 1.82) is 0 Å². The highest BCUT2D eigenvalue weighted by atomic mass is 19.1. The van der Waals surface area contributed by atoms with E-state index in [1.54, 1.807) is 7.05 Å². The topological polar surface area (TPSA) is 20.3 Å². The first kappa shape index (κ1) is 8.40. The highest BCUT2D eigenvalue weighted by molar-refractivity contribution is 5.77. The predicted octanol–water partition coefficient (Wildman–Crippen LogP) is 0.823. The minimum atomic E-state index is -0.894. The number of rotatable bonds is 2. The van der Waals surface area contributed by atoms with E-state index in [1.807, 2.05) is 13.8 Å². The van der Waals surface area contributed by atoms with Gasteiger partial charge in [0.2, 0.25) is 0 Å². The van der Waals surface area contributed by atoms with Crippen molar-refractivity contribution in [2.45, 2.75) is 19.9 Å². The van der Waals surface area contributed by atoms with Crippen molar-refractivity contribution in [1.82, 2.24) is 4.90 Å². The van der Waals surface area contributed by atoms with E-state index in [0.29, 0.717) is 0 Å². The molecule has 54 valence electrons. The lowest BCUT2D eigenvalue weighted by molar-refractivity contribution is -0.132. The standard InChI is InChI=1S/C6H12FNO/c1-5(2)8(3)6(9)4-7/h5H,4H2,1-3H3. The molecule has 3 heteroatoms. The third-order valence-electron chi connectivity index (χ3n) is 1.28. The van der Waals surface area contributed by atoms with Gasteiger partial charge in [-0.05, 0) is 13.8 Å². The molecule has 0 fully saturated rings. The van der Waals surface area contributed by atoms with Gasteiger partial charge in [-0.3, -0.25) is 4.79 Å². The Hall–Kier alpha value is -0.600. The number of halogens is 1. The third-order valence-corrected chi connectivity index (χ3v) is 1.28. The summed E-state index contributed by atoms with van der Waals surface area (Å²) in [5, 5.41) is 0. The maximum atomic E-state index is 11.6. The fourth-order valence-corrected chi connectivity index (χ4v) is 0.382. The Balaban J connectivity index is 3.72. The zero-order valence-corrected chi connectivity index (χ0v) is 6.02. The number of nitrogens with zero attached hydrogens (tertiary/aromatic N) is 1. The van der Waals surface area contributed by atoms with Crippen molar-refractivity contribution < 1.29 is 9.18 Å². The Morgan fingerprint density at radius 1 is 1.67 bits per heavy atom. The lowest BCUT2D eigenvalue weighted by Crippen LogP contribution is -2.33. The number of hydrogen-bond donors (Lipinski definition) is 0. The lowest BCUT2D eigenvalue weighted by Gasteiger charge is -2.19. The number of carbonyl (C=O) groups excluding carboxylic acids is 1. The van der Waals surface area contributed by atoms with Gasteiger partial charge in [-0.2, -0.15) is 0 Å². The summed E-state index contributed by atoms with van der Waals surface area (Å²) in [5.41, 5.74) is 0. The fourth-order valence-electron chi connectivity index (χ4n) is 0.382. The average Bonchev–Trinajstić information content (AvgIpc) is 1.84. The van der Waals surface area contributed by atoms with Crippen LogP contribution in [0, 0.1) is 0 Å². The summed E-state index contributed by atoms with van der Waals surface area (Å²) in [5.74, 6) is -0.454. The highest BCUT2D eigenvalue weighted by Gasteiger charge is 2.09. The Labute approximate surface area is 54.7 Å². The van der Waals surface area contributed by atoms with Crippen LogP contribution in [0.5, 0.6) is 0 Å². The molecule has 0 N–H and O–H groups in total. The summed E-state index contributed by atoms with van der Waals surface area (Å²) in [6, 6.07) is 0.0910. The SMILES string of the molecule is CC(C)N(C)C(=O)CF. The van der Waals surface area contributed by atoms with Crippen LogP contribution in [0.15, 0.2) is 0 Å². The first-order chi connectivity index (χ1) is 4.09. The largest absolute Gasteiger partial charge is 0.341 e. The van der Waals surface area contributed by atoms with Crippen LogP contribution in [0.4, 0.5) is 4.39 Å². The Kier molecular flexibility index (Phi) is 3.20. The van der Waals surface area contributed by atoms with Crippen molar-refractivity contribution in [3.05, 3.63) is 0 Å². The van der Waals surface area contributed by atoms with Gasteiger partial charge in [-0.1, -0.05) is 0 Å². The number of amides is 1. The van der Waals surface area contributed by atoms with Crippen LogP contribution in [-0.2, 0) is 4.79 Å². The van der Waals surface area contributed by atoms with Crippen molar-refractivity contribution in [3.63, 3.8) is 0 Å². The summed E-state index contributed by atoms with van der Waals surface area (Å²) in [6.45, 7) is 2.79. The molecular formula is C6H12FNO. The van der Waals surface area contributed by atoms with Gasteiger partial charge in [-0.25, -0.2) is 4.39 Å². The molecule has 0 unspecified atom stereocenters. The summed E-state index contributed by atoms with van der Waals surface area (Å²) < 4.78 is 11.6. The molecule has 0 rings (SSSR count). The zero-order chi connectivity index (χ0) is 7.44. The molecule has 0 bridgehead atoms. The summed E-state index contributed by atoms with van der Waals surface area (Å²) >= 11 is 0. The Morgan fingerprint density at radius 3 is 2.22 bits per heavy atom. The molecule has 0 saturated carbocycles. The molecule has 0 aromatic heterocycles. The number of hydrogen-bond acceptors (Lipinski definition) is 1. The lowest BCUT2D eigenvalue weighted by atomic mass is 10.3. The monoisotopic (exact) mass is 133 g/mol. The number of carbonyl (C=O) groups is 1. The normalized spacial score (nSPS) is 9.89. The van der Waals surface area contributed by atoms with Crippen molar-refractivity contribution in [2.24, 2.45) is 0 Å². The molecule has 0 radical (unpaired) electrons. The van der Waals surface area contributed by atoms with Gasteiger partial charge in [-0.15, -0.1) is 0 Å². The number of alkyl halides is 1. The molecule has 0 spiro atoms. The van der Waals surface area contributed by atoms with Gasteiger partial charge >= 0.3 is 0 Å². The van der Waals surface area contributed by atoms with Gasteiger partial charge in [0.1, 0.15) is 0 Å². The minimum absolute atomic E-state index is 0.0910. The molecule has 9 heavy (non-hydrogen) atoms. The van der Waals surface area contributed by atoms with E-state index in [9.17, 15) is 9.18 Å². The first-order valence-corrected chi connectivity index (χ1v) is 2.91. The van der Waals surface area contributed by atoms with Crippen molar-refractivity contribution in [2.75, 3.05) is 13.7 Å². The second-order valence-corrected chi connectivity index (χ2v) is 2.23. The van der Waals surface area contributed by atoms with Crippen LogP contribution in [0.2, 0.25) is 0 Å². The van der Waals surface area contributed by atoms with Gasteiger partial charge in [0.25, 0.3) is 5.91 Å². The van der Waals surface area contributed by atoms with Crippen LogP contribution in [0.1, 0.15) is 13.8 Å². The van der Waals surface area contributed by atoms with E-state index in [4.69, 9.17) is 0 Å². The van der Waals surface area contributed by atoms with Crippen LogP contribution in [-0.4, -0.2) is 30.6 Å². The maximum Gasteiger partial charge on any atom is 0.253 e. The molecule has 2 nitrogen and oxygen atoms in total. The molecule has 0 atom stereocenters. The fraction of sp³-hybridized carbons (Fsp3) is 0.833. The second-order valence-electron chi connectivity index (χ2n) is 2.23.